The predicted octanol–water partition coefficient (Wildman–Crippen LogP) is 2.11. The number of anilines is 1. The molecular weight excluding hydrogens is 470 g/mol. The lowest BCUT2D eigenvalue weighted by Gasteiger charge is -2.19. The lowest BCUT2D eigenvalue weighted by molar-refractivity contribution is -0.385. The first kappa shape index (κ1) is 26.4. The summed E-state index contributed by atoms with van der Waals surface area (Å²) in [6.07, 6.45) is 0.791. The molecule has 184 valence electrons. The van der Waals surface area contributed by atoms with Gasteiger partial charge < -0.3 is 20.1 Å². The Balaban J connectivity index is 2.74. The third kappa shape index (κ3) is 6.15. The van der Waals surface area contributed by atoms with E-state index in [1.807, 2.05) is 0 Å². The zero-order chi connectivity index (χ0) is 26.0. The van der Waals surface area contributed by atoms with E-state index in [0.717, 1.165) is 6.26 Å². The molecule has 1 aromatic carbocycles. The molecule has 0 aliphatic rings. The van der Waals surface area contributed by atoms with Gasteiger partial charge in [-0.25, -0.2) is 13.2 Å². The number of nitrogens with one attached hydrogen (secondary N) is 1. The molecular formula is C20H25N5O8S. The Labute approximate surface area is 195 Å². The van der Waals surface area contributed by atoms with E-state index in [2.05, 4.69) is 15.3 Å². The molecule has 1 amide bonds. The third-order valence-electron chi connectivity index (χ3n) is 4.49. The number of amides is 1. The highest BCUT2D eigenvalue weighted by Gasteiger charge is 2.33. The van der Waals surface area contributed by atoms with Crippen molar-refractivity contribution < 1.29 is 32.8 Å². The normalized spacial score (nSPS) is 12.2. The number of carbonyl (C=O) groups excluding carboxylic acids is 1. The van der Waals surface area contributed by atoms with E-state index in [-0.39, 0.29) is 17.2 Å². The number of nitro groups is 1. The van der Waals surface area contributed by atoms with Gasteiger partial charge in [0.15, 0.2) is 0 Å². The number of ether oxygens (including phenoxy) is 1. The van der Waals surface area contributed by atoms with Crippen LogP contribution < -0.4 is 10.1 Å². The van der Waals surface area contributed by atoms with E-state index in [1.54, 1.807) is 40.9 Å². The quantitative estimate of drug-likeness (QED) is 0.295. The molecule has 0 aliphatic heterocycles. The fourth-order valence-electron chi connectivity index (χ4n) is 2.88. The molecule has 1 aromatic heterocycles. The fourth-order valence-corrected chi connectivity index (χ4v) is 3.38. The molecule has 13 nitrogen and oxygen atoms in total. The van der Waals surface area contributed by atoms with Gasteiger partial charge in [0.05, 0.1) is 4.92 Å². The second-order valence-electron chi connectivity index (χ2n) is 8.08. The molecule has 0 bridgehead atoms. The number of hydrogen-bond acceptors (Lipinski definition) is 10. The smallest absolute Gasteiger partial charge is 0.373 e. The van der Waals surface area contributed by atoms with E-state index in [0.29, 0.717) is 5.56 Å². The number of aryl methyl sites for hydroxylation is 1. The minimum Gasteiger partial charge on any atom is -0.480 e. The van der Waals surface area contributed by atoms with Crippen LogP contribution in [0.2, 0.25) is 0 Å². The standard InChI is InChI=1S/C20H25N5O8S/c1-10(2)14(19(27)28)21-16-15(25(29)30)17(23-20(22-16)34(6,31)32)33-13-8-11(3)7-12(9-13)18(26)24(4)5/h7-10,14H,1-6H3,(H,27,28)(H,21,22,23). The number of aromatic nitrogens is 2. The van der Waals surface area contributed by atoms with Gasteiger partial charge in [-0.3, -0.25) is 14.9 Å². The van der Waals surface area contributed by atoms with Crippen molar-refractivity contribution in [2.24, 2.45) is 5.92 Å². The zero-order valence-corrected chi connectivity index (χ0v) is 20.2. The van der Waals surface area contributed by atoms with Crippen molar-refractivity contribution in [1.29, 1.82) is 0 Å². The van der Waals surface area contributed by atoms with Crippen molar-refractivity contribution >= 4 is 33.2 Å². The van der Waals surface area contributed by atoms with Gasteiger partial charge in [0.1, 0.15) is 11.8 Å². The number of hydrogen-bond donors (Lipinski definition) is 2. The lowest BCUT2D eigenvalue weighted by atomic mass is 10.0. The van der Waals surface area contributed by atoms with Gasteiger partial charge in [0.2, 0.25) is 15.7 Å². The highest BCUT2D eigenvalue weighted by atomic mass is 32.2. The number of nitrogens with zero attached hydrogens (tertiary/aromatic N) is 4. The molecule has 2 aromatic rings. The van der Waals surface area contributed by atoms with Crippen molar-refractivity contribution in [3.8, 4) is 11.6 Å². The molecule has 1 heterocycles. The molecule has 0 spiro atoms. The Morgan fingerprint density at radius 1 is 1.21 bits per heavy atom. The fraction of sp³-hybridized carbons (Fsp3) is 0.400. The van der Waals surface area contributed by atoms with Gasteiger partial charge in [-0.2, -0.15) is 9.97 Å². The van der Waals surface area contributed by atoms with Crippen molar-refractivity contribution in [1.82, 2.24) is 14.9 Å². The first-order valence-electron chi connectivity index (χ1n) is 9.88. The Morgan fingerprint density at radius 3 is 2.29 bits per heavy atom. The van der Waals surface area contributed by atoms with Gasteiger partial charge in [-0.15, -0.1) is 0 Å². The van der Waals surface area contributed by atoms with Crippen LogP contribution >= 0.6 is 0 Å². The topological polar surface area (TPSA) is 182 Å². The zero-order valence-electron chi connectivity index (χ0n) is 19.4. The third-order valence-corrected chi connectivity index (χ3v) is 5.34. The summed E-state index contributed by atoms with van der Waals surface area (Å²) in [6, 6.07) is 3.05. The summed E-state index contributed by atoms with van der Waals surface area (Å²) in [5.41, 5.74) is -0.0442. The summed E-state index contributed by atoms with van der Waals surface area (Å²) in [5, 5.41) is 23.0. The second kappa shape index (κ2) is 9.99. The van der Waals surface area contributed by atoms with E-state index in [1.165, 1.54) is 17.0 Å². The largest absolute Gasteiger partial charge is 0.480 e. The van der Waals surface area contributed by atoms with Crippen LogP contribution in [-0.4, -0.2) is 71.6 Å². The van der Waals surface area contributed by atoms with Crippen molar-refractivity contribution in [3.63, 3.8) is 0 Å². The summed E-state index contributed by atoms with van der Waals surface area (Å²) in [5.74, 6) is -3.59. The molecule has 34 heavy (non-hydrogen) atoms. The first-order valence-corrected chi connectivity index (χ1v) is 11.8. The number of benzene rings is 1. The Kier molecular flexibility index (Phi) is 7.77. The molecule has 0 saturated carbocycles. The molecule has 14 heteroatoms. The first-order chi connectivity index (χ1) is 15.6. The molecule has 0 saturated heterocycles. The van der Waals surface area contributed by atoms with Gasteiger partial charge in [0.25, 0.3) is 11.1 Å². The summed E-state index contributed by atoms with van der Waals surface area (Å²) in [6.45, 7) is 4.79. The van der Waals surface area contributed by atoms with Crippen LogP contribution in [0.1, 0.15) is 29.8 Å². The predicted molar refractivity (Wildman–Crippen MR) is 121 cm³/mol. The molecule has 0 aliphatic carbocycles. The SMILES string of the molecule is Cc1cc(Oc2nc(S(C)(=O)=O)nc(NC(C(=O)O)C(C)C)c2[N+](=O)[O-])cc(C(=O)N(C)C)c1. The minimum absolute atomic E-state index is 0.0176. The summed E-state index contributed by atoms with van der Waals surface area (Å²) >= 11 is 0. The molecule has 0 fully saturated rings. The van der Waals surface area contributed by atoms with Gasteiger partial charge >= 0.3 is 17.5 Å². The Bertz CT molecular complexity index is 1240. The van der Waals surface area contributed by atoms with Crippen LogP contribution in [-0.2, 0) is 14.6 Å². The van der Waals surface area contributed by atoms with Gasteiger partial charge in [-0.1, -0.05) is 13.8 Å². The van der Waals surface area contributed by atoms with E-state index in [4.69, 9.17) is 4.74 Å². The second-order valence-corrected chi connectivity index (χ2v) is 9.99. The molecule has 2 N–H and O–H groups in total. The maximum absolute atomic E-state index is 12.4. The Morgan fingerprint density at radius 2 is 1.82 bits per heavy atom. The molecule has 0 radical (unpaired) electrons. The van der Waals surface area contributed by atoms with Crippen molar-refractivity contribution in [3.05, 3.63) is 39.4 Å². The van der Waals surface area contributed by atoms with Gasteiger partial charge in [-0.05, 0) is 36.6 Å². The van der Waals surface area contributed by atoms with Crippen molar-refractivity contribution in [2.45, 2.75) is 32.0 Å². The maximum atomic E-state index is 12.4. The summed E-state index contributed by atoms with van der Waals surface area (Å²) in [7, 11) is -0.981. The number of sulfone groups is 1. The minimum atomic E-state index is -4.07. The van der Waals surface area contributed by atoms with E-state index in [9.17, 15) is 33.2 Å². The van der Waals surface area contributed by atoms with E-state index >= 15 is 0 Å². The van der Waals surface area contributed by atoms with E-state index < -0.39 is 55.2 Å². The molecule has 2 rings (SSSR count). The van der Waals surface area contributed by atoms with Crippen LogP contribution in [0.25, 0.3) is 0 Å². The average molecular weight is 496 g/mol. The van der Waals surface area contributed by atoms with Crippen molar-refractivity contribution in [2.75, 3.05) is 25.7 Å². The number of carboxylic acid groups (broad SMARTS) is 1. The number of aliphatic carboxylic acids is 1. The molecule has 1 atom stereocenters. The van der Waals surface area contributed by atoms with Crippen LogP contribution in [0.5, 0.6) is 11.6 Å². The number of rotatable bonds is 9. The van der Waals surface area contributed by atoms with Gasteiger partial charge in [0, 0.05) is 25.9 Å². The number of carbonyl (C=O) groups is 2. The monoisotopic (exact) mass is 495 g/mol. The Hall–Kier alpha value is -3.81. The van der Waals surface area contributed by atoms with Crippen LogP contribution in [0, 0.1) is 23.0 Å². The summed E-state index contributed by atoms with van der Waals surface area (Å²) in [4.78, 5) is 43.7. The molecule has 1 unspecified atom stereocenters. The number of carboxylic acids is 1. The lowest BCUT2D eigenvalue weighted by Crippen LogP contribution is -2.35. The maximum Gasteiger partial charge on any atom is 0.373 e. The van der Waals surface area contributed by atoms with Crippen LogP contribution in [0.4, 0.5) is 11.5 Å². The highest BCUT2D eigenvalue weighted by molar-refractivity contribution is 7.90. The van der Waals surface area contributed by atoms with Crippen LogP contribution in [0.3, 0.4) is 0 Å². The van der Waals surface area contributed by atoms with Crippen LogP contribution in [0.15, 0.2) is 23.4 Å². The average Bonchev–Trinajstić information content (AvgIpc) is 2.69. The highest BCUT2D eigenvalue weighted by Crippen LogP contribution is 2.37. The summed E-state index contributed by atoms with van der Waals surface area (Å²) < 4.78 is 29.9.